The van der Waals surface area contributed by atoms with Crippen molar-refractivity contribution >= 4 is 10.9 Å². The van der Waals surface area contributed by atoms with Gasteiger partial charge in [-0.15, -0.1) is 0 Å². The van der Waals surface area contributed by atoms with Crippen molar-refractivity contribution in [2.45, 2.75) is 31.7 Å². The van der Waals surface area contributed by atoms with Gasteiger partial charge in [-0.3, -0.25) is 0 Å². The third-order valence-electron chi connectivity index (χ3n) is 4.08. The average Bonchev–Trinajstić information content (AvgIpc) is 3.24. The summed E-state index contributed by atoms with van der Waals surface area (Å²) in [5, 5.41) is 4.99. The number of alkyl halides is 3. The Labute approximate surface area is 135 Å². The number of aromatic amines is 1. The summed E-state index contributed by atoms with van der Waals surface area (Å²) in [4.78, 5) is 7.47. The molecule has 0 aliphatic carbocycles. The predicted octanol–water partition coefficient (Wildman–Crippen LogP) is 3.84. The van der Waals surface area contributed by atoms with E-state index in [1.807, 2.05) is 24.3 Å². The minimum Gasteiger partial charge on any atom is -0.370 e. The maximum Gasteiger partial charge on any atom is 0.408 e. The van der Waals surface area contributed by atoms with Crippen LogP contribution in [0.2, 0.25) is 0 Å². The molecule has 1 saturated heterocycles. The topological polar surface area (TPSA) is 55.7 Å². The standard InChI is InChI=1S/C16H15F3N4O/c17-16(18,19)9-23-15(13-6-3-7-24-13)21-14(22-23)11-8-20-12-5-2-1-4-10(11)12/h1-2,4-5,8,13,20H,3,6-7,9H2. The number of nitrogens with zero attached hydrogens (tertiary/aromatic N) is 3. The summed E-state index contributed by atoms with van der Waals surface area (Å²) in [6.45, 7) is -0.635. The molecule has 1 fully saturated rings. The molecule has 1 aromatic carbocycles. The number of rotatable bonds is 3. The molecule has 8 heteroatoms. The highest BCUT2D eigenvalue weighted by atomic mass is 19.4. The molecule has 3 heterocycles. The SMILES string of the molecule is FC(F)(F)Cn1nc(-c2c[nH]c3ccccc23)nc1C1CCCO1. The number of fused-ring (bicyclic) bond motifs is 1. The predicted molar refractivity (Wildman–Crippen MR) is 81.3 cm³/mol. The number of hydrogen-bond acceptors (Lipinski definition) is 3. The Bertz CT molecular complexity index is 862. The van der Waals surface area contributed by atoms with Gasteiger partial charge in [-0.2, -0.15) is 18.3 Å². The van der Waals surface area contributed by atoms with Gasteiger partial charge in [0.1, 0.15) is 12.6 Å². The van der Waals surface area contributed by atoms with Gasteiger partial charge in [-0.1, -0.05) is 18.2 Å². The zero-order valence-corrected chi connectivity index (χ0v) is 12.7. The van der Waals surface area contributed by atoms with E-state index in [-0.39, 0.29) is 11.6 Å². The summed E-state index contributed by atoms with van der Waals surface area (Å²) < 4.78 is 45.1. The third kappa shape index (κ3) is 2.77. The van der Waals surface area contributed by atoms with Crippen molar-refractivity contribution < 1.29 is 17.9 Å². The van der Waals surface area contributed by atoms with Gasteiger partial charge in [0.2, 0.25) is 0 Å². The van der Waals surface area contributed by atoms with Gasteiger partial charge < -0.3 is 9.72 Å². The van der Waals surface area contributed by atoms with Crippen LogP contribution in [-0.2, 0) is 11.3 Å². The number of H-pyrrole nitrogens is 1. The van der Waals surface area contributed by atoms with E-state index < -0.39 is 18.8 Å². The van der Waals surface area contributed by atoms with Gasteiger partial charge in [-0.05, 0) is 18.9 Å². The number of hydrogen-bond donors (Lipinski definition) is 1. The van der Waals surface area contributed by atoms with E-state index >= 15 is 0 Å². The second-order valence-corrected chi connectivity index (χ2v) is 5.82. The summed E-state index contributed by atoms with van der Waals surface area (Å²) in [5.74, 6) is 0.521. The Morgan fingerprint density at radius 2 is 2.12 bits per heavy atom. The monoisotopic (exact) mass is 336 g/mol. The zero-order valence-electron chi connectivity index (χ0n) is 12.7. The van der Waals surface area contributed by atoms with Crippen molar-refractivity contribution in [3.8, 4) is 11.4 Å². The Morgan fingerprint density at radius 1 is 1.29 bits per heavy atom. The molecule has 0 saturated carbocycles. The van der Waals surface area contributed by atoms with Crippen molar-refractivity contribution in [1.82, 2.24) is 19.7 Å². The van der Waals surface area contributed by atoms with Gasteiger partial charge in [0.15, 0.2) is 11.6 Å². The van der Waals surface area contributed by atoms with Crippen LogP contribution in [0.5, 0.6) is 0 Å². The van der Waals surface area contributed by atoms with Crippen LogP contribution in [0.1, 0.15) is 24.8 Å². The van der Waals surface area contributed by atoms with Gasteiger partial charge in [0, 0.05) is 29.3 Å². The lowest BCUT2D eigenvalue weighted by Crippen LogP contribution is -2.21. The molecule has 0 radical (unpaired) electrons. The molecule has 0 amide bonds. The van der Waals surface area contributed by atoms with E-state index in [9.17, 15) is 13.2 Å². The van der Waals surface area contributed by atoms with Gasteiger partial charge in [-0.25, -0.2) is 9.67 Å². The lowest BCUT2D eigenvalue weighted by Gasteiger charge is -2.12. The lowest BCUT2D eigenvalue weighted by atomic mass is 10.1. The largest absolute Gasteiger partial charge is 0.408 e. The molecule has 5 nitrogen and oxygen atoms in total. The molecule has 126 valence electrons. The van der Waals surface area contributed by atoms with Gasteiger partial charge in [0.05, 0.1) is 0 Å². The fourth-order valence-corrected chi connectivity index (χ4v) is 3.03. The minimum atomic E-state index is -4.36. The Kier molecular flexibility index (Phi) is 3.56. The molecule has 4 rings (SSSR count). The minimum absolute atomic E-state index is 0.241. The highest BCUT2D eigenvalue weighted by molar-refractivity contribution is 5.93. The molecule has 1 atom stereocenters. The Balaban J connectivity index is 1.80. The van der Waals surface area contributed by atoms with Crippen LogP contribution in [0.15, 0.2) is 30.5 Å². The van der Waals surface area contributed by atoms with Crippen molar-refractivity contribution in [1.29, 1.82) is 0 Å². The lowest BCUT2D eigenvalue weighted by molar-refractivity contribution is -0.143. The summed E-state index contributed by atoms with van der Waals surface area (Å²) in [5.41, 5.74) is 1.57. The molecular formula is C16H15F3N4O. The molecule has 0 spiro atoms. The van der Waals surface area contributed by atoms with Crippen LogP contribution in [0, 0.1) is 0 Å². The van der Waals surface area contributed by atoms with Crippen molar-refractivity contribution in [3.05, 3.63) is 36.3 Å². The first kappa shape index (κ1) is 15.2. The molecule has 24 heavy (non-hydrogen) atoms. The molecule has 1 aliphatic rings. The molecule has 3 aromatic rings. The van der Waals surface area contributed by atoms with Crippen LogP contribution < -0.4 is 0 Å². The second-order valence-electron chi connectivity index (χ2n) is 5.82. The van der Waals surface area contributed by atoms with Gasteiger partial charge in [0.25, 0.3) is 0 Å². The summed E-state index contributed by atoms with van der Waals surface area (Å²) in [6, 6.07) is 7.54. The van der Waals surface area contributed by atoms with E-state index in [1.165, 1.54) is 0 Å². The molecule has 1 N–H and O–H groups in total. The van der Waals surface area contributed by atoms with E-state index in [4.69, 9.17) is 4.74 Å². The van der Waals surface area contributed by atoms with Gasteiger partial charge >= 0.3 is 6.18 Å². The van der Waals surface area contributed by atoms with Crippen LogP contribution in [0.4, 0.5) is 13.2 Å². The number of nitrogens with one attached hydrogen (secondary N) is 1. The molecule has 1 aliphatic heterocycles. The first-order valence-corrected chi connectivity index (χ1v) is 7.71. The highest BCUT2D eigenvalue weighted by Gasteiger charge is 2.33. The van der Waals surface area contributed by atoms with Crippen LogP contribution >= 0.6 is 0 Å². The summed E-state index contributed by atoms with van der Waals surface area (Å²) >= 11 is 0. The zero-order chi connectivity index (χ0) is 16.7. The van der Waals surface area contributed by atoms with Crippen molar-refractivity contribution in [3.63, 3.8) is 0 Å². The molecule has 2 aromatic heterocycles. The van der Waals surface area contributed by atoms with Crippen LogP contribution in [-0.4, -0.2) is 32.5 Å². The third-order valence-corrected chi connectivity index (χ3v) is 4.08. The fraction of sp³-hybridized carbons (Fsp3) is 0.375. The van der Waals surface area contributed by atoms with E-state index in [0.29, 0.717) is 18.6 Å². The Hall–Kier alpha value is -2.35. The first-order chi connectivity index (χ1) is 11.5. The summed E-state index contributed by atoms with van der Waals surface area (Å²) in [6.07, 6.45) is -1.61. The number of aromatic nitrogens is 4. The number of benzene rings is 1. The van der Waals surface area contributed by atoms with Crippen LogP contribution in [0.3, 0.4) is 0 Å². The maximum absolute atomic E-state index is 12.9. The maximum atomic E-state index is 12.9. The van der Waals surface area contributed by atoms with Crippen LogP contribution in [0.25, 0.3) is 22.3 Å². The normalized spacial score (nSPS) is 18.5. The number of para-hydroxylation sites is 1. The molecule has 0 bridgehead atoms. The molecule has 1 unspecified atom stereocenters. The Morgan fingerprint density at radius 3 is 2.88 bits per heavy atom. The highest BCUT2D eigenvalue weighted by Crippen LogP contribution is 2.32. The fourth-order valence-electron chi connectivity index (χ4n) is 3.03. The second kappa shape index (κ2) is 5.62. The van der Waals surface area contributed by atoms with E-state index in [0.717, 1.165) is 22.0 Å². The number of halogens is 3. The number of ether oxygens (including phenoxy) is 1. The average molecular weight is 336 g/mol. The summed E-state index contributed by atoms with van der Waals surface area (Å²) in [7, 11) is 0. The quantitative estimate of drug-likeness (QED) is 0.791. The van der Waals surface area contributed by atoms with E-state index in [2.05, 4.69) is 15.1 Å². The smallest absolute Gasteiger partial charge is 0.370 e. The first-order valence-electron chi connectivity index (χ1n) is 7.71. The van der Waals surface area contributed by atoms with E-state index in [1.54, 1.807) is 6.20 Å². The van der Waals surface area contributed by atoms with Crippen molar-refractivity contribution in [2.75, 3.05) is 6.61 Å². The molecular weight excluding hydrogens is 321 g/mol. The van der Waals surface area contributed by atoms with Crippen molar-refractivity contribution in [2.24, 2.45) is 0 Å².